The van der Waals surface area contributed by atoms with Gasteiger partial charge in [0.2, 0.25) is 0 Å². The maximum absolute atomic E-state index is 10.3. The number of hydrogen-bond donors (Lipinski definition) is 1. The number of halogens is 1. The third-order valence-corrected chi connectivity index (χ3v) is 3.95. The van der Waals surface area contributed by atoms with Crippen LogP contribution in [0.25, 0.3) is 0 Å². The van der Waals surface area contributed by atoms with E-state index in [0.717, 1.165) is 28.0 Å². The van der Waals surface area contributed by atoms with Crippen molar-refractivity contribution in [3.8, 4) is 5.75 Å². The quantitative estimate of drug-likeness (QED) is 0.923. The molecule has 0 bridgehead atoms. The van der Waals surface area contributed by atoms with E-state index < -0.39 is 6.10 Å². The second kappa shape index (κ2) is 4.98. The predicted octanol–water partition coefficient (Wildman–Crippen LogP) is 3.22. The lowest BCUT2D eigenvalue weighted by molar-refractivity contribution is 0.0619. The molecule has 0 spiro atoms. The minimum atomic E-state index is -0.508. The van der Waals surface area contributed by atoms with E-state index >= 15 is 0 Å². The molecule has 1 aromatic carbocycles. The summed E-state index contributed by atoms with van der Waals surface area (Å²) in [5, 5.41) is 10.3. The number of aromatic nitrogens is 2. The fourth-order valence-corrected chi connectivity index (χ4v) is 2.84. The lowest BCUT2D eigenvalue weighted by atomic mass is 9.98. The van der Waals surface area contributed by atoms with Crippen LogP contribution in [-0.4, -0.2) is 14.7 Å². The summed E-state index contributed by atoms with van der Waals surface area (Å²) in [6.07, 6.45) is 3.50. The average Bonchev–Trinajstić information content (AvgIpc) is 2.87. The summed E-state index contributed by atoms with van der Waals surface area (Å²) in [6, 6.07) is 5.72. The summed E-state index contributed by atoms with van der Waals surface area (Å²) < 4.78 is 9.00. The number of fused-ring (bicyclic) bond motifs is 1. The number of benzene rings is 1. The maximum atomic E-state index is 10.3. The van der Waals surface area contributed by atoms with Gasteiger partial charge in [0, 0.05) is 23.0 Å². The molecular weight excluding hydrogens is 308 g/mol. The molecule has 4 nitrogen and oxygen atoms in total. The van der Waals surface area contributed by atoms with E-state index in [2.05, 4.69) is 27.8 Å². The van der Waals surface area contributed by atoms with E-state index in [9.17, 15) is 5.11 Å². The number of aliphatic hydroxyl groups is 1. The summed E-state index contributed by atoms with van der Waals surface area (Å²) in [5.41, 5.74) is 1.85. The van der Waals surface area contributed by atoms with E-state index in [-0.39, 0.29) is 6.10 Å². The average molecular weight is 323 g/mol. The number of aryl methyl sites for hydroxylation is 1. The molecule has 0 saturated heterocycles. The lowest BCUT2D eigenvalue weighted by Crippen LogP contribution is -2.21. The Bertz CT molecular complexity index is 597. The Morgan fingerprint density at radius 3 is 3.16 bits per heavy atom. The van der Waals surface area contributed by atoms with Crippen molar-refractivity contribution in [2.45, 2.75) is 32.1 Å². The van der Waals surface area contributed by atoms with Crippen molar-refractivity contribution < 1.29 is 9.84 Å². The van der Waals surface area contributed by atoms with Crippen LogP contribution in [0.4, 0.5) is 0 Å². The molecule has 0 saturated carbocycles. The number of imidazole rings is 1. The minimum Gasteiger partial charge on any atom is -0.484 e. The molecular formula is C14H15BrN2O2. The van der Waals surface area contributed by atoms with Crippen LogP contribution in [0.2, 0.25) is 0 Å². The molecule has 2 atom stereocenters. The van der Waals surface area contributed by atoms with Crippen LogP contribution in [0.3, 0.4) is 0 Å². The van der Waals surface area contributed by atoms with Crippen molar-refractivity contribution in [3.63, 3.8) is 0 Å². The molecule has 0 radical (unpaired) electrons. The summed E-state index contributed by atoms with van der Waals surface area (Å²) in [7, 11) is 0. The summed E-state index contributed by atoms with van der Waals surface area (Å²) in [4.78, 5) is 4.16. The topological polar surface area (TPSA) is 47.3 Å². The smallest absolute Gasteiger partial charge is 0.143 e. The van der Waals surface area contributed by atoms with Gasteiger partial charge < -0.3 is 14.4 Å². The van der Waals surface area contributed by atoms with E-state index in [1.807, 2.05) is 29.0 Å². The molecule has 1 aliphatic rings. The highest BCUT2D eigenvalue weighted by molar-refractivity contribution is 9.10. The van der Waals surface area contributed by atoms with Gasteiger partial charge in [-0.2, -0.15) is 0 Å². The molecule has 1 unspecified atom stereocenters. The molecule has 1 aromatic heterocycles. The predicted molar refractivity (Wildman–Crippen MR) is 75.0 cm³/mol. The largest absolute Gasteiger partial charge is 0.484 e. The van der Waals surface area contributed by atoms with Gasteiger partial charge in [-0.3, -0.25) is 0 Å². The van der Waals surface area contributed by atoms with Crippen LogP contribution in [-0.2, 0) is 6.54 Å². The van der Waals surface area contributed by atoms with Crippen LogP contribution in [0, 0.1) is 0 Å². The van der Waals surface area contributed by atoms with Crippen molar-refractivity contribution in [2.75, 3.05) is 0 Å². The number of hydrogen-bond acceptors (Lipinski definition) is 3. The highest BCUT2D eigenvalue weighted by Gasteiger charge is 2.29. The van der Waals surface area contributed by atoms with Crippen LogP contribution in [0.15, 0.2) is 35.2 Å². The molecule has 1 N–H and O–H groups in total. The molecule has 3 rings (SSSR count). The standard InChI is InChI=1S/C14H15BrN2O2/c1-2-17-8-16-7-11(17)14-6-12(18)10-5-9(15)3-4-13(10)19-14/h3-5,7-8,12,14,18H,2,6H2,1H3/t12-,14?/m0/s1. The fraction of sp³-hybridized carbons (Fsp3) is 0.357. The minimum absolute atomic E-state index is 0.147. The van der Waals surface area contributed by atoms with Gasteiger partial charge >= 0.3 is 0 Å². The van der Waals surface area contributed by atoms with Gasteiger partial charge in [0.1, 0.15) is 11.9 Å². The Labute approximate surface area is 120 Å². The van der Waals surface area contributed by atoms with E-state index in [4.69, 9.17) is 4.74 Å². The molecule has 0 amide bonds. The van der Waals surface area contributed by atoms with Gasteiger partial charge in [-0.05, 0) is 25.1 Å². The SMILES string of the molecule is CCn1cncc1C1C[C@H](O)c2cc(Br)ccc2O1. The van der Waals surface area contributed by atoms with Crippen LogP contribution in [0.1, 0.15) is 36.8 Å². The van der Waals surface area contributed by atoms with E-state index in [1.165, 1.54) is 0 Å². The van der Waals surface area contributed by atoms with Gasteiger partial charge in [0.25, 0.3) is 0 Å². The number of ether oxygens (including phenoxy) is 1. The van der Waals surface area contributed by atoms with E-state index in [1.54, 1.807) is 6.33 Å². The molecule has 100 valence electrons. The first kappa shape index (κ1) is 12.7. The second-order valence-corrected chi connectivity index (χ2v) is 5.56. The Morgan fingerprint density at radius 1 is 1.53 bits per heavy atom. The first-order chi connectivity index (χ1) is 9.19. The number of aliphatic hydroxyl groups excluding tert-OH is 1. The highest BCUT2D eigenvalue weighted by Crippen LogP contribution is 2.41. The van der Waals surface area contributed by atoms with Gasteiger partial charge in [0.05, 0.1) is 24.3 Å². The summed E-state index contributed by atoms with van der Waals surface area (Å²) in [5.74, 6) is 0.746. The Morgan fingerprint density at radius 2 is 2.37 bits per heavy atom. The zero-order valence-electron chi connectivity index (χ0n) is 10.6. The third kappa shape index (κ3) is 2.28. The molecule has 2 heterocycles. The summed E-state index contributed by atoms with van der Waals surface area (Å²) in [6.45, 7) is 2.91. The maximum Gasteiger partial charge on any atom is 0.143 e. The molecule has 1 aliphatic heterocycles. The number of rotatable bonds is 2. The van der Waals surface area contributed by atoms with Crippen LogP contribution in [0.5, 0.6) is 5.75 Å². The monoisotopic (exact) mass is 322 g/mol. The fourth-order valence-electron chi connectivity index (χ4n) is 2.46. The molecule has 19 heavy (non-hydrogen) atoms. The van der Waals surface area contributed by atoms with Crippen molar-refractivity contribution in [3.05, 3.63) is 46.5 Å². The van der Waals surface area contributed by atoms with Gasteiger partial charge in [-0.25, -0.2) is 4.98 Å². The Kier molecular flexibility index (Phi) is 3.33. The molecule has 0 fully saturated rings. The van der Waals surface area contributed by atoms with Crippen molar-refractivity contribution in [2.24, 2.45) is 0 Å². The Hall–Kier alpha value is -1.33. The van der Waals surface area contributed by atoms with Gasteiger partial charge in [-0.15, -0.1) is 0 Å². The zero-order chi connectivity index (χ0) is 13.4. The van der Waals surface area contributed by atoms with Crippen molar-refractivity contribution in [1.29, 1.82) is 0 Å². The summed E-state index contributed by atoms with van der Waals surface area (Å²) >= 11 is 3.41. The highest BCUT2D eigenvalue weighted by atomic mass is 79.9. The lowest BCUT2D eigenvalue weighted by Gasteiger charge is -2.30. The second-order valence-electron chi connectivity index (χ2n) is 4.64. The zero-order valence-corrected chi connectivity index (χ0v) is 12.2. The van der Waals surface area contributed by atoms with E-state index in [0.29, 0.717) is 6.42 Å². The van der Waals surface area contributed by atoms with Gasteiger partial charge in [0.15, 0.2) is 0 Å². The normalized spacial score (nSPS) is 21.8. The van der Waals surface area contributed by atoms with Crippen molar-refractivity contribution in [1.82, 2.24) is 9.55 Å². The first-order valence-corrected chi connectivity index (χ1v) is 7.12. The first-order valence-electron chi connectivity index (χ1n) is 6.33. The van der Waals surface area contributed by atoms with Crippen LogP contribution < -0.4 is 4.74 Å². The number of nitrogens with zero attached hydrogens (tertiary/aromatic N) is 2. The molecule has 2 aromatic rings. The molecule has 0 aliphatic carbocycles. The van der Waals surface area contributed by atoms with Crippen LogP contribution >= 0.6 is 15.9 Å². The van der Waals surface area contributed by atoms with Crippen molar-refractivity contribution >= 4 is 15.9 Å². The molecule has 5 heteroatoms. The Balaban J connectivity index is 1.95. The third-order valence-electron chi connectivity index (χ3n) is 3.45. The van der Waals surface area contributed by atoms with Gasteiger partial charge in [-0.1, -0.05) is 15.9 Å².